The number of benzene rings is 1. The number of carbonyl (C=O) groups excluding carboxylic acids is 1. The van der Waals surface area contributed by atoms with Gasteiger partial charge in [-0.2, -0.15) is 0 Å². The Morgan fingerprint density at radius 1 is 1.50 bits per heavy atom. The van der Waals surface area contributed by atoms with Crippen LogP contribution in [0.4, 0.5) is 0 Å². The standard InChI is InChI=1S/C16H17ClN2O2S/c17-12-4-1-3-11(7-12)16-19-13(10-22-16)8-15(20)18-9-14-5-2-6-21-14/h1,3-4,7,10,14H,2,5-6,8-9H2,(H,18,20). The molecule has 116 valence electrons. The van der Waals surface area contributed by atoms with E-state index in [9.17, 15) is 4.79 Å². The summed E-state index contributed by atoms with van der Waals surface area (Å²) < 4.78 is 5.49. The predicted molar refractivity (Wildman–Crippen MR) is 88.2 cm³/mol. The van der Waals surface area contributed by atoms with Gasteiger partial charge in [-0.15, -0.1) is 11.3 Å². The van der Waals surface area contributed by atoms with Crippen LogP contribution in [-0.2, 0) is 16.0 Å². The minimum absolute atomic E-state index is 0.0153. The lowest BCUT2D eigenvalue weighted by Gasteiger charge is -2.09. The maximum atomic E-state index is 11.9. The van der Waals surface area contributed by atoms with E-state index in [2.05, 4.69) is 10.3 Å². The van der Waals surface area contributed by atoms with E-state index in [1.54, 1.807) is 0 Å². The van der Waals surface area contributed by atoms with Crippen molar-refractivity contribution in [3.63, 3.8) is 0 Å². The van der Waals surface area contributed by atoms with Gasteiger partial charge < -0.3 is 10.1 Å². The summed E-state index contributed by atoms with van der Waals surface area (Å²) in [6.45, 7) is 1.39. The lowest BCUT2D eigenvalue weighted by Crippen LogP contribution is -2.32. The Bertz CT molecular complexity index is 653. The first-order valence-corrected chi connectivity index (χ1v) is 8.55. The van der Waals surface area contributed by atoms with Crippen LogP contribution in [0.1, 0.15) is 18.5 Å². The van der Waals surface area contributed by atoms with E-state index >= 15 is 0 Å². The number of hydrogen-bond donors (Lipinski definition) is 1. The van der Waals surface area contributed by atoms with Crippen molar-refractivity contribution in [3.8, 4) is 10.6 Å². The molecule has 1 unspecified atom stereocenters. The smallest absolute Gasteiger partial charge is 0.226 e. The van der Waals surface area contributed by atoms with E-state index < -0.39 is 0 Å². The first-order chi connectivity index (χ1) is 10.7. The van der Waals surface area contributed by atoms with Crippen LogP contribution in [-0.4, -0.2) is 30.1 Å². The lowest BCUT2D eigenvalue weighted by molar-refractivity contribution is -0.121. The Hall–Kier alpha value is -1.43. The van der Waals surface area contributed by atoms with Crippen molar-refractivity contribution in [2.24, 2.45) is 0 Å². The van der Waals surface area contributed by atoms with Crippen molar-refractivity contribution in [1.82, 2.24) is 10.3 Å². The highest BCUT2D eigenvalue weighted by molar-refractivity contribution is 7.13. The molecule has 1 aliphatic heterocycles. The first-order valence-electron chi connectivity index (χ1n) is 7.29. The Balaban J connectivity index is 1.55. The minimum Gasteiger partial charge on any atom is -0.376 e. The highest BCUT2D eigenvalue weighted by Crippen LogP contribution is 2.26. The third-order valence-electron chi connectivity index (χ3n) is 3.52. The van der Waals surface area contributed by atoms with Gasteiger partial charge in [0.05, 0.1) is 18.2 Å². The van der Waals surface area contributed by atoms with Gasteiger partial charge >= 0.3 is 0 Å². The average Bonchev–Trinajstić information content (AvgIpc) is 3.16. The molecule has 0 bridgehead atoms. The molecule has 1 N–H and O–H groups in total. The maximum Gasteiger partial charge on any atom is 0.226 e. The van der Waals surface area contributed by atoms with Crippen molar-refractivity contribution in [1.29, 1.82) is 0 Å². The van der Waals surface area contributed by atoms with Gasteiger partial charge in [0.15, 0.2) is 0 Å². The molecule has 6 heteroatoms. The molecule has 1 saturated heterocycles. The highest BCUT2D eigenvalue weighted by atomic mass is 35.5. The van der Waals surface area contributed by atoms with Gasteiger partial charge in [0.2, 0.25) is 5.91 Å². The second-order valence-corrected chi connectivity index (χ2v) is 6.56. The Kier molecular flexibility index (Phi) is 5.08. The van der Waals surface area contributed by atoms with Crippen LogP contribution >= 0.6 is 22.9 Å². The summed E-state index contributed by atoms with van der Waals surface area (Å²) in [5.41, 5.74) is 1.76. The number of rotatable bonds is 5. The Morgan fingerprint density at radius 2 is 2.41 bits per heavy atom. The number of carbonyl (C=O) groups is 1. The molecule has 1 aliphatic rings. The van der Waals surface area contributed by atoms with Gasteiger partial charge in [-0.05, 0) is 25.0 Å². The predicted octanol–water partition coefficient (Wildman–Crippen LogP) is 3.30. The highest BCUT2D eigenvalue weighted by Gasteiger charge is 2.16. The summed E-state index contributed by atoms with van der Waals surface area (Å²) in [7, 11) is 0. The van der Waals surface area contributed by atoms with E-state index in [1.807, 2.05) is 29.6 Å². The summed E-state index contributed by atoms with van der Waals surface area (Å²) in [4.78, 5) is 16.5. The molecule has 0 spiro atoms. The average molecular weight is 337 g/mol. The lowest BCUT2D eigenvalue weighted by atomic mass is 10.2. The zero-order valence-corrected chi connectivity index (χ0v) is 13.6. The molecule has 4 nitrogen and oxygen atoms in total. The van der Waals surface area contributed by atoms with E-state index in [1.165, 1.54) is 11.3 Å². The molecule has 22 heavy (non-hydrogen) atoms. The van der Waals surface area contributed by atoms with Gasteiger partial charge in [0.1, 0.15) is 5.01 Å². The quantitative estimate of drug-likeness (QED) is 0.911. The number of thiazole rings is 1. The number of aromatic nitrogens is 1. The molecule has 2 heterocycles. The van der Waals surface area contributed by atoms with Crippen LogP contribution < -0.4 is 5.32 Å². The topological polar surface area (TPSA) is 51.2 Å². The van der Waals surface area contributed by atoms with Gasteiger partial charge in [-0.3, -0.25) is 4.79 Å². The molecule has 1 aromatic heterocycles. The van der Waals surface area contributed by atoms with Crippen molar-refractivity contribution in [3.05, 3.63) is 40.4 Å². The molecule has 0 radical (unpaired) electrons. The summed E-state index contributed by atoms with van der Waals surface area (Å²) in [6.07, 6.45) is 2.57. The van der Waals surface area contributed by atoms with Crippen molar-refractivity contribution < 1.29 is 9.53 Å². The van der Waals surface area contributed by atoms with Crippen LogP contribution in [0.5, 0.6) is 0 Å². The Morgan fingerprint density at radius 3 is 3.18 bits per heavy atom. The fourth-order valence-electron chi connectivity index (χ4n) is 2.40. The summed E-state index contributed by atoms with van der Waals surface area (Å²) >= 11 is 7.51. The van der Waals surface area contributed by atoms with Gasteiger partial charge in [-0.1, -0.05) is 23.7 Å². The van der Waals surface area contributed by atoms with Gasteiger partial charge in [-0.25, -0.2) is 4.98 Å². The zero-order valence-electron chi connectivity index (χ0n) is 12.0. The van der Waals surface area contributed by atoms with Crippen LogP contribution in [0.25, 0.3) is 10.6 Å². The van der Waals surface area contributed by atoms with Crippen molar-refractivity contribution in [2.45, 2.75) is 25.4 Å². The molecule has 0 saturated carbocycles. The third kappa shape index (κ3) is 4.06. The van der Waals surface area contributed by atoms with Crippen LogP contribution in [0.3, 0.4) is 0 Å². The molecular formula is C16H17ClN2O2S. The van der Waals surface area contributed by atoms with Gasteiger partial charge in [0.25, 0.3) is 0 Å². The maximum absolute atomic E-state index is 11.9. The number of hydrogen-bond acceptors (Lipinski definition) is 4. The molecule has 1 amide bonds. The zero-order chi connectivity index (χ0) is 15.4. The molecule has 0 aliphatic carbocycles. The fourth-order valence-corrected chi connectivity index (χ4v) is 3.41. The summed E-state index contributed by atoms with van der Waals surface area (Å²) in [5, 5.41) is 6.39. The first kappa shape index (κ1) is 15.5. The number of nitrogens with zero attached hydrogens (tertiary/aromatic N) is 1. The number of halogens is 1. The summed E-state index contributed by atoms with van der Waals surface area (Å²) in [5.74, 6) is -0.0153. The van der Waals surface area contributed by atoms with E-state index in [0.29, 0.717) is 18.0 Å². The van der Waals surface area contributed by atoms with Crippen molar-refractivity contribution >= 4 is 28.8 Å². The Labute approximate surface area is 138 Å². The van der Waals surface area contributed by atoms with Crippen LogP contribution in [0, 0.1) is 0 Å². The molecule has 2 aromatic rings. The van der Waals surface area contributed by atoms with Gasteiger partial charge in [0, 0.05) is 29.1 Å². The van der Waals surface area contributed by atoms with E-state index in [0.717, 1.165) is 35.7 Å². The molecule has 1 aromatic carbocycles. The van der Waals surface area contributed by atoms with Crippen LogP contribution in [0.2, 0.25) is 5.02 Å². The monoisotopic (exact) mass is 336 g/mol. The number of ether oxygens (including phenoxy) is 1. The molecular weight excluding hydrogens is 320 g/mol. The third-order valence-corrected chi connectivity index (χ3v) is 4.69. The minimum atomic E-state index is -0.0153. The molecule has 1 fully saturated rings. The van der Waals surface area contributed by atoms with E-state index in [-0.39, 0.29) is 12.0 Å². The SMILES string of the molecule is O=C(Cc1csc(-c2cccc(Cl)c2)n1)NCC1CCCO1. The number of amides is 1. The van der Waals surface area contributed by atoms with E-state index in [4.69, 9.17) is 16.3 Å². The fraction of sp³-hybridized carbons (Fsp3) is 0.375. The number of nitrogens with one attached hydrogen (secondary N) is 1. The normalized spacial score (nSPS) is 17.6. The molecule has 1 atom stereocenters. The summed E-state index contributed by atoms with van der Waals surface area (Å²) in [6, 6.07) is 7.57. The molecule has 3 rings (SSSR count). The largest absolute Gasteiger partial charge is 0.376 e. The second-order valence-electron chi connectivity index (χ2n) is 5.27. The second kappa shape index (κ2) is 7.22. The van der Waals surface area contributed by atoms with Crippen LogP contribution in [0.15, 0.2) is 29.6 Å². The van der Waals surface area contributed by atoms with Crippen molar-refractivity contribution in [2.75, 3.05) is 13.2 Å².